The van der Waals surface area contributed by atoms with Crippen LogP contribution in [0.25, 0.3) is 0 Å². The van der Waals surface area contributed by atoms with E-state index in [1.165, 1.54) is 6.34 Å². The van der Waals surface area contributed by atoms with Crippen LogP contribution in [0.5, 0.6) is 0 Å². The van der Waals surface area contributed by atoms with Crippen LogP contribution in [0.4, 0.5) is 0 Å². The van der Waals surface area contributed by atoms with Gasteiger partial charge >= 0.3 is 0 Å². The molecule has 0 amide bonds. The molecule has 1 aliphatic rings. The molecule has 0 bridgehead atoms. The van der Waals surface area contributed by atoms with Crippen molar-refractivity contribution in [3.05, 3.63) is 0 Å². The zero-order valence-electron chi connectivity index (χ0n) is 4.11. The molecule has 2 N–H and O–H groups in total. The predicted octanol–water partition coefficient (Wildman–Crippen LogP) is -0.673. The molecule has 0 saturated carbocycles. The summed E-state index contributed by atoms with van der Waals surface area (Å²) in [5.41, 5.74) is 8.58. The third kappa shape index (κ3) is 1.48. The maximum absolute atomic E-state index is 5.13. The Balaban J connectivity index is 0.000000490. The third-order valence-electron chi connectivity index (χ3n) is 0.614. The first-order valence-corrected chi connectivity index (χ1v) is 1.93. The van der Waals surface area contributed by atoms with Gasteiger partial charge in [-0.15, -0.1) is 22.9 Å². The van der Waals surface area contributed by atoms with Gasteiger partial charge in [0.25, 0.3) is 0 Å². The second-order valence-corrected chi connectivity index (χ2v) is 1.08. The topological polar surface area (TPSA) is 64.8 Å². The minimum absolute atomic E-state index is 0. The molecule has 1 heterocycles. The van der Waals surface area contributed by atoms with Gasteiger partial charge in [0, 0.05) is 0 Å². The van der Waals surface area contributed by atoms with Crippen LogP contribution in [0, 0.1) is 0 Å². The summed E-state index contributed by atoms with van der Waals surface area (Å²) >= 11 is 0. The molecule has 0 fully saturated rings. The van der Waals surface area contributed by atoms with Gasteiger partial charge in [0.05, 0.1) is 6.54 Å². The summed E-state index contributed by atoms with van der Waals surface area (Å²) in [4.78, 5) is 3.69. The highest BCUT2D eigenvalue weighted by atomic mass is 35.5. The summed E-state index contributed by atoms with van der Waals surface area (Å²) in [6.45, 7) is 0.375. The van der Waals surface area contributed by atoms with Crippen LogP contribution in [0.2, 0.25) is 0 Å². The summed E-state index contributed by atoms with van der Waals surface area (Å²) in [5.74, 6) is 0.597. The monoisotopic (exact) mass is 133 g/mol. The SMILES string of the molecule is Cl.NCC1=N[N]C=N1. The van der Waals surface area contributed by atoms with Crippen molar-refractivity contribution in [2.45, 2.75) is 0 Å². The molecule has 8 heavy (non-hydrogen) atoms. The highest BCUT2D eigenvalue weighted by Crippen LogP contribution is 1.80. The van der Waals surface area contributed by atoms with E-state index < -0.39 is 0 Å². The third-order valence-corrected chi connectivity index (χ3v) is 0.614. The highest BCUT2D eigenvalue weighted by molar-refractivity contribution is 5.93. The molecule has 0 aliphatic carbocycles. The summed E-state index contributed by atoms with van der Waals surface area (Å²) in [5, 5.41) is 3.55. The lowest BCUT2D eigenvalue weighted by Gasteiger charge is -1.79. The van der Waals surface area contributed by atoms with Crippen LogP contribution in [0.1, 0.15) is 0 Å². The zero-order chi connectivity index (χ0) is 5.11. The Morgan fingerprint density at radius 1 is 1.62 bits per heavy atom. The Bertz CT molecular complexity index is 118. The lowest BCUT2D eigenvalue weighted by atomic mass is 10.6. The molecule has 4 nitrogen and oxygen atoms in total. The molecule has 1 aliphatic heterocycles. The standard InChI is InChI=1S/C3H5N4.ClH/c4-1-3-5-2-6-7-3;/h2H,1,4H2;1H. The molecule has 0 spiro atoms. The first-order chi connectivity index (χ1) is 3.43. The van der Waals surface area contributed by atoms with Crippen LogP contribution in [0.15, 0.2) is 10.1 Å². The maximum atomic E-state index is 5.13. The quantitative estimate of drug-likeness (QED) is 0.507. The average molecular weight is 134 g/mol. The molecule has 0 atom stereocenters. The van der Waals surface area contributed by atoms with E-state index in [1.807, 2.05) is 0 Å². The first kappa shape index (κ1) is 7.39. The number of hydrogen-bond acceptors (Lipinski definition) is 3. The van der Waals surface area contributed by atoms with Crippen molar-refractivity contribution in [3.8, 4) is 0 Å². The molecule has 0 unspecified atom stereocenters. The van der Waals surface area contributed by atoms with Gasteiger partial charge in [-0.25, -0.2) is 4.99 Å². The number of hydrogen-bond donors (Lipinski definition) is 1. The lowest BCUT2D eigenvalue weighted by Crippen LogP contribution is -2.08. The van der Waals surface area contributed by atoms with E-state index in [-0.39, 0.29) is 12.4 Å². The molecule has 1 radical (unpaired) electrons. The minimum atomic E-state index is 0. The second-order valence-electron chi connectivity index (χ2n) is 1.08. The number of rotatable bonds is 1. The van der Waals surface area contributed by atoms with Gasteiger partial charge in [-0.1, -0.05) is 0 Å². The summed E-state index contributed by atoms with van der Waals surface area (Å²) in [6.07, 6.45) is 1.38. The summed E-state index contributed by atoms with van der Waals surface area (Å²) < 4.78 is 0. The van der Waals surface area contributed by atoms with Crippen LogP contribution in [-0.2, 0) is 0 Å². The molecule has 0 aromatic heterocycles. The molecule has 5 heteroatoms. The van der Waals surface area contributed by atoms with E-state index in [2.05, 4.69) is 15.5 Å². The number of aliphatic imine (C=N–C) groups is 1. The fraction of sp³-hybridized carbons (Fsp3) is 0.333. The van der Waals surface area contributed by atoms with Gasteiger partial charge in [0.1, 0.15) is 6.34 Å². The molecule has 1 rings (SSSR count). The lowest BCUT2D eigenvalue weighted by molar-refractivity contribution is 1.05. The number of halogens is 1. The fourth-order valence-electron chi connectivity index (χ4n) is 0.304. The van der Waals surface area contributed by atoms with E-state index in [9.17, 15) is 0 Å². The van der Waals surface area contributed by atoms with Crippen LogP contribution >= 0.6 is 12.4 Å². The summed E-state index contributed by atoms with van der Waals surface area (Å²) in [6, 6.07) is 0. The van der Waals surface area contributed by atoms with E-state index in [4.69, 9.17) is 5.73 Å². The van der Waals surface area contributed by atoms with Crippen molar-refractivity contribution in [1.29, 1.82) is 0 Å². The molecule has 0 aromatic rings. The predicted molar refractivity (Wildman–Crippen MR) is 34.4 cm³/mol. The Kier molecular flexibility index (Phi) is 3.14. The van der Waals surface area contributed by atoms with E-state index in [0.717, 1.165) is 0 Å². The Morgan fingerprint density at radius 2 is 2.38 bits per heavy atom. The van der Waals surface area contributed by atoms with Gasteiger partial charge < -0.3 is 5.73 Å². The smallest absolute Gasteiger partial charge is 0.166 e. The first-order valence-electron chi connectivity index (χ1n) is 1.93. The summed E-state index contributed by atoms with van der Waals surface area (Å²) in [7, 11) is 0. The molecule has 0 saturated heterocycles. The Hall–Kier alpha value is -0.610. The van der Waals surface area contributed by atoms with Gasteiger partial charge in [0.2, 0.25) is 0 Å². The minimum Gasteiger partial charge on any atom is -0.324 e. The van der Waals surface area contributed by atoms with Gasteiger partial charge in [-0.3, -0.25) is 0 Å². The van der Waals surface area contributed by atoms with Crippen LogP contribution in [0.3, 0.4) is 0 Å². The number of nitrogens with two attached hydrogens (primary N) is 1. The van der Waals surface area contributed by atoms with Gasteiger partial charge in [-0.05, 0) is 0 Å². The van der Waals surface area contributed by atoms with Gasteiger partial charge in [0.15, 0.2) is 5.84 Å². The van der Waals surface area contributed by atoms with Crippen molar-refractivity contribution >= 4 is 24.6 Å². The van der Waals surface area contributed by atoms with Crippen molar-refractivity contribution in [2.24, 2.45) is 15.8 Å². The van der Waals surface area contributed by atoms with Crippen molar-refractivity contribution in [2.75, 3.05) is 6.54 Å². The van der Waals surface area contributed by atoms with E-state index in [0.29, 0.717) is 12.4 Å². The van der Waals surface area contributed by atoms with Crippen molar-refractivity contribution in [3.63, 3.8) is 0 Å². The van der Waals surface area contributed by atoms with E-state index >= 15 is 0 Å². The zero-order valence-corrected chi connectivity index (χ0v) is 4.93. The largest absolute Gasteiger partial charge is 0.324 e. The molecule has 45 valence electrons. The normalized spacial score (nSPS) is 14.4. The van der Waals surface area contributed by atoms with Crippen LogP contribution < -0.4 is 11.2 Å². The van der Waals surface area contributed by atoms with E-state index in [1.54, 1.807) is 0 Å². The maximum Gasteiger partial charge on any atom is 0.166 e. The average Bonchev–Trinajstić information content (AvgIpc) is 2.14. The van der Waals surface area contributed by atoms with Crippen molar-refractivity contribution in [1.82, 2.24) is 5.43 Å². The molecule has 0 aromatic carbocycles. The fourth-order valence-corrected chi connectivity index (χ4v) is 0.304. The number of nitrogens with zero attached hydrogens (tertiary/aromatic N) is 3. The van der Waals surface area contributed by atoms with Gasteiger partial charge in [-0.2, -0.15) is 0 Å². The Labute approximate surface area is 53.3 Å². The van der Waals surface area contributed by atoms with Crippen LogP contribution in [-0.4, -0.2) is 18.7 Å². The van der Waals surface area contributed by atoms with Crippen molar-refractivity contribution < 1.29 is 0 Å². The Morgan fingerprint density at radius 3 is 2.62 bits per heavy atom. The number of amidine groups is 1. The second kappa shape index (κ2) is 3.40. The molecular weight excluding hydrogens is 128 g/mol. The highest BCUT2D eigenvalue weighted by Gasteiger charge is 1.95. The molecular formula is C3H6ClN4.